The first-order valence-corrected chi connectivity index (χ1v) is 12.7. The molecule has 0 aliphatic heterocycles. The van der Waals surface area contributed by atoms with Gasteiger partial charge in [0.1, 0.15) is 0 Å². The number of aromatic nitrogens is 4. The monoisotopic (exact) mass is 489 g/mol. The maximum absolute atomic E-state index is 13.6. The summed E-state index contributed by atoms with van der Waals surface area (Å²) >= 11 is 2.94. The lowest BCUT2D eigenvalue weighted by Gasteiger charge is -2.16. The molecule has 0 atom stereocenters. The standard InChI is InChI=1S/C25H23N5O2S2/c1-16-7-6-8-17(2)22(16)30-23(32)19-9-4-5-10-20(19)29-24(30)26-27-25(29)34-15-21(31)28(3)13-18-11-12-33-14-18/h4-12,14H,13,15H2,1-3H3. The number of hydrogen-bond acceptors (Lipinski definition) is 6. The molecule has 34 heavy (non-hydrogen) atoms. The van der Waals surface area contributed by atoms with Gasteiger partial charge in [-0.05, 0) is 59.5 Å². The van der Waals surface area contributed by atoms with Crippen molar-refractivity contribution in [3.05, 3.63) is 86.3 Å². The van der Waals surface area contributed by atoms with Gasteiger partial charge in [-0.1, -0.05) is 42.1 Å². The topological polar surface area (TPSA) is 72.5 Å². The lowest BCUT2D eigenvalue weighted by Crippen LogP contribution is -2.27. The molecular formula is C25H23N5O2S2. The number of para-hydroxylation sites is 2. The van der Waals surface area contributed by atoms with Crippen LogP contribution >= 0.6 is 23.1 Å². The van der Waals surface area contributed by atoms with Crippen LogP contribution in [-0.4, -0.2) is 42.8 Å². The maximum Gasteiger partial charge on any atom is 0.267 e. The van der Waals surface area contributed by atoms with E-state index >= 15 is 0 Å². The summed E-state index contributed by atoms with van der Waals surface area (Å²) in [4.78, 5) is 28.1. The molecule has 0 aliphatic rings. The van der Waals surface area contributed by atoms with Gasteiger partial charge in [0.15, 0.2) is 5.16 Å². The van der Waals surface area contributed by atoms with Gasteiger partial charge < -0.3 is 4.90 Å². The number of aryl methyl sites for hydroxylation is 2. The summed E-state index contributed by atoms with van der Waals surface area (Å²) in [6.07, 6.45) is 0. The van der Waals surface area contributed by atoms with Crippen LogP contribution in [0.3, 0.4) is 0 Å². The van der Waals surface area contributed by atoms with E-state index < -0.39 is 0 Å². The van der Waals surface area contributed by atoms with Crippen LogP contribution in [0.4, 0.5) is 0 Å². The van der Waals surface area contributed by atoms with Crippen LogP contribution in [0.2, 0.25) is 0 Å². The largest absolute Gasteiger partial charge is 0.341 e. The third-order valence-electron chi connectivity index (χ3n) is 5.81. The highest BCUT2D eigenvalue weighted by Crippen LogP contribution is 2.26. The molecule has 0 saturated heterocycles. The molecule has 5 aromatic rings. The molecule has 0 N–H and O–H groups in total. The van der Waals surface area contributed by atoms with Crippen molar-refractivity contribution >= 4 is 45.7 Å². The Bertz CT molecular complexity index is 1550. The Morgan fingerprint density at radius 1 is 1.06 bits per heavy atom. The number of amides is 1. The van der Waals surface area contributed by atoms with Gasteiger partial charge in [-0.3, -0.25) is 14.0 Å². The predicted molar refractivity (Wildman–Crippen MR) is 137 cm³/mol. The van der Waals surface area contributed by atoms with Crippen molar-refractivity contribution in [2.45, 2.75) is 25.5 Å². The molecule has 0 bridgehead atoms. The van der Waals surface area contributed by atoms with Crippen LogP contribution in [0.15, 0.2) is 69.2 Å². The number of thioether (sulfide) groups is 1. The molecule has 9 heteroatoms. The zero-order valence-electron chi connectivity index (χ0n) is 19.1. The summed E-state index contributed by atoms with van der Waals surface area (Å²) in [5, 5.41) is 14.0. The second-order valence-corrected chi connectivity index (χ2v) is 9.91. The Morgan fingerprint density at radius 3 is 2.56 bits per heavy atom. The van der Waals surface area contributed by atoms with E-state index in [0.29, 0.717) is 22.9 Å². The summed E-state index contributed by atoms with van der Waals surface area (Å²) in [6.45, 7) is 4.53. The number of carbonyl (C=O) groups is 1. The zero-order valence-corrected chi connectivity index (χ0v) is 20.7. The van der Waals surface area contributed by atoms with E-state index in [9.17, 15) is 9.59 Å². The Morgan fingerprint density at radius 2 is 1.82 bits per heavy atom. The molecular weight excluding hydrogens is 466 g/mol. The Hall–Kier alpha value is -3.43. The number of hydrogen-bond donors (Lipinski definition) is 0. The van der Waals surface area contributed by atoms with Gasteiger partial charge in [0.25, 0.3) is 5.56 Å². The first kappa shape index (κ1) is 22.4. The van der Waals surface area contributed by atoms with Crippen molar-refractivity contribution in [3.8, 4) is 5.69 Å². The molecule has 0 spiro atoms. The lowest BCUT2D eigenvalue weighted by atomic mass is 10.1. The highest BCUT2D eigenvalue weighted by atomic mass is 32.2. The average molecular weight is 490 g/mol. The van der Waals surface area contributed by atoms with Crippen LogP contribution in [0.25, 0.3) is 22.4 Å². The number of fused-ring (bicyclic) bond motifs is 3. The number of rotatable bonds is 6. The smallest absolute Gasteiger partial charge is 0.267 e. The van der Waals surface area contributed by atoms with Crippen molar-refractivity contribution < 1.29 is 4.79 Å². The van der Waals surface area contributed by atoms with Gasteiger partial charge >= 0.3 is 0 Å². The van der Waals surface area contributed by atoms with Crippen LogP contribution in [0.1, 0.15) is 16.7 Å². The Balaban J connectivity index is 1.58. The molecule has 0 radical (unpaired) electrons. The van der Waals surface area contributed by atoms with Crippen LogP contribution < -0.4 is 5.56 Å². The van der Waals surface area contributed by atoms with E-state index in [2.05, 4.69) is 10.2 Å². The van der Waals surface area contributed by atoms with Gasteiger partial charge in [0, 0.05) is 13.6 Å². The van der Waals surface area contributed by atoms with Gasteiger partial charge in [-0.25, -0.2) is 4.57 Å². The second-order valence-electron chi connectivity index (χ2n) is 8.19. The Kier molecular flexibility index (Phi) is 5.97. The zero-order chi connectivity index (χ0) is 23.8. The molecule has 1 amide bonds. The van der Waals surface area contributed by atoms with E-state index in [4.69, 9.17) is 0 Å². The van der Waals surface area contributed by atoms with Gasteiger partial charge in [-0.15, -0.1) is 10.2 Å². The van der Waals surface area contributed by atoms with Crippen molar-refractivity contribution in [2.24, 2.45) is 0 Å². The van der Waals surface area contributed by atoms with Crippen LogP contribution in [-0.2, 0) is 11.3 Å². The highest BCUT2D eigenvalue weighted by molar-refractivity contribution is 7.99. The molecule has 2 aromatic carbocycles. The first-order chi connectivity index (χ1) is 16.5. The summed E-state index contributed by atoms with van der Waals surface area (Å²) in [7, 11) is 1.80. The third kappa shape index (κ3) is 3.91. The third-order valence-corrected chi connectivity index (χ3v) is 7.45. The van der Waals surface area contributed by atoms with Gasteiger partial charge in [-0.2, -0.15) is 11.3 Å². The molecule has 3 aromatic heterocycles. The van der Waals surface area contributed by atoms with Crippen LogP contribution in [0, 0.1) is 13.8 Å². The fraction of sp³-hybridized carbons (Fsp3) is 0.200. The fourth-order valence-electron chi connectivity index (χ4n) is 4.11. The summed E-state index contributed by atoms with van der Waals surface area (Å²) in [6, 6.07) is 15.4. The van der Waals surface area contributed by atoms with Crippen LogP contribution in [0.5, 0.6) is 0 Å². The first-order valence-electron chi connectivity index (χ1n) is 10.8. The molecule has 3 heterocycles. The van der Waals surface area contributed by atoms with E-state index in [1.807, 2.05) is 77.5 Å². The molecule has 0 unspecified atom stereocenters. The minimum absolute atomic E-state index is 0.000301. The molecule has 7 nitrogen and oxygen atoms in total. The van der Waals surface area contributed by atoms with Crippen molar-refractivity contribution in [1.82, 2.24) is 24.1 Å². The van der Waals surface area contributed by atoms with Crippen molar-refractivity contribution in [2.75, 3.05) is 12.8 Å². The number of nitrogens with zero attached hydrogens (tertiary/aromatic N) is 5. The highest BCUT2D eigenvalue weighted by Gasteiger charge is 2.21. The number of thiophene rings is 1. The van der Waals surface area contributed by atoms with E-state index in [0.717, 1.165) is 27.9 Å². The van der Waals surface area contributed by atoms with Crippen molar-refractivity contribution in [3.63, 3.8) is 0 Å². The summed E-state index contributed by atoms with van der Waals surface area (Å²) in [5.74, 6) is 0.654. The lowest BCUT2D eigenvalue weighted by molar-refractivity contribution is -0.127. The molecule has 172 valence electrons. The number of carbonyl (C=O) groups excluding carboxylic acids is 1. The van der Waals surface area contributed by atoms with Gasteiger partial charge in [0.05, 0.1) is 22.3 Å². The quantitative estimate of drug-likeness (QED) is 0.329. The normalized spacial score (nSPS) is 11.4. The fourth-order valence-corrected chi connectivity index (χ4v) is 5.65. The average Bonchev–Trinajstić information content (AvgIpc) is 3.49. The van der Waals surface area contributed by atoms with E-state index in [1.54, 1.807) is 27.9 Å². The van der Waals surface area contributed by atoms with E-state index in [1.165, 1.54) is 11.8 Å². The second kappa shape index (κ2) is 9.08. The summed E-state index contributed by atoms with van der Waals surface area (Å²) < 4.78 is 3.51. The molecule has 0 aliphatic carbocycles. The van der Waals surface area contributed by atoms with Crippen molar-refractivity contribution in [1.29, 1.82) is 0 Å². The summed E-state index contributed by atoms with van der Waals surface area (Å²) in [5.41, 5.74) is 4.44. The molecule has 0 fully saturated rings. The number of benzene rings is 2. The maximum atomic E-state index is 13.6. The van der Waals surface area contributed by atoms with Gasteiger partial charge in [0.2, 0.25) is 11.7 Å². The SMILES string of the molecule is Cc1cccc(C)c1-n1c(=O)c2ccccc2n2c(SCC(=O)N(C)Cc3ccsc3)nnc12. The minimum atomic E-state index is -0.143. The Labute approximate surface area is 204 Å². The minimum Gasteiger partial charge on any atom is -0.341 e. The molecule has 5 rings (SSSR count). The molecule has 0 saturated carbocycles. The van der Waals surface area contributed by atoms with E-state index in [-0.39, 0.29) is 17.2 Å². The predicted octanol–water partition coefficient (Wildman–Crippen LogP) is 4.46.